The fourth-order valence-corrected chi connectivity index (χ4v) is 10.5. The van der Waals surface area contributed by atoms with Crippen LogP contribution < -0.4 is 0 Å². The van der Waals surface area contributed by atoms with Gasteiger partial charge in [0.15, 0.2) is 0 Å². The summed E-state index contributed by atoms with van der Waals surface area (Å²) in [5.41, 5.74) is -0.164. The first-order valence-electron chi connectivity index (χ1n) is 14.6. The third-order valence-corrected chi connectivity index (χ3v) is 12.6. The predicted molar refractivity (Wildman–Crippen MR) is 143 cm³/mol. The third-order valence-electron chi connectivity index (χ3n) is 12.6. The molecule has 0 radical (unpaired) electrons. The van der Waals surface area contributed by atoms with E-state index in [0.717, 1.165) is 44.8 Å². The maximum absolute atomic E-state index is 13.6. The highest BCUT2D eigenvalue weighted by atomic mass is 16.5. The van der Waals surface area contributed by atoms with Crippen molar-refractivity contribution in [2.24, 2.45) is 50.7 Å². The van der Waals surface area contributed by atoms with Crippen molar-refractivity contribution in [3.8, 4) is 0 Å². The highest BCUT2D eigenvalue weighted by Crippen LogP contribution is 2.72. The van der Waals surface area contributed by atoms with E-state index in [-0.39, 0.29) is 46.6 Å². The van der Waals surface area contributed by atoms with E-state index in [1.165, 1.54) is 5.57 Å². The Morgan fingerprint density at radius 2 is 1.70 bits per heavy atom. The van der Waals surface area contributed by atoms with Crippen molar-refractivity contribution >= 4 is 12.3 Å². The van der Waals surface area contributed by atoms with Gasteiger partial charge in [0.05, 0.1) is 17.6 Å². The van der Waals surface area contributed by atoms with E-state index >= 15 is 0 Å². The van der Waals surface area contributed by atoms with Crippen LogP contribution in [0.4, 0.5) is 0 Å². The molecule has 5 rings (SSSR count). The minimum absolute atomic E-state index is 0.0127. The molecule has 0 aromatic rings. The number of fused-ring (bicyclic) bond motifs is 7. The van der Waals surface area contributed by atoms with Gasteiger partial charge < -0.3 is 19.7 Å². The number of carbonyl (C=O) groups is 2. The lowest BCUT2D eigenvalue weighted by atomic mass is 9.36. The first-order valence-corrected chi connectivity index (χ1v) is 14.6. The lowest BCUT2D eigenvalue weighted by molar-refractivity contribution is -0.201. The molecule has 0 heterocycles. The van der Waals surface area contributed by atoms with Crippen molar-refractivity contribution < 1.29 is 24.5 Å². The Bertz CT molecular complexity index is 999. The molecule has 0 saturated heterocycles. The Labute approximate surface area is 223 Å². The van der Waals surface area contributed by atoms with Gasteiger partial charge in [-0.2, -0.15) is 0 Å². The van der Waals surface area contributed by atoms with Crippen molar-refractivity contribution in [2.75, 3.05) is 6.61 Å². The van der Waals surface area contributed by atoms with Gasteiger partial charge in [-0.1, -0.05) is 58.9 Å². The Morgan fingerprint density at radius 1 is 1.00 bits per heavy atom. The van der Waals surface area contributed by atoms with Gasteiger partial charge in [0.25, 0.3) is 0 Å². The number of hydrogen-bond acceptors (Lipinski definition) is 5. The summed E-state index contributed by atoms with van der Waals surface area (Å²) in [7, 11) is 0. The molecule has 0 aromatic carbocycles. The number of ether oxygens (including phenoxy) is 1. The molecule has 5 aliphatic carbocycles. The Kier molecular flexibility index (Phi) is 6.43. The molecule has 0 amide bonds. The number of aliphatic hydroxyl groups is 2. The molecule has 5 nitrogen and oxygen atoms in total. The normalized spacial score (nSPS) is 50.3. The van der Waals surface area contributed by atoms with E-state index in [9.17, 15) is 19.8 Å². The van der Waals surface area contributed by atoms with E-state index in [1.54, 1.807) is 6.08 Å². The second-order valence-corrected chi connectivity index (χ2v) is 14.8. The van der Waals surface area contributed by atoms with Crippen LogP contribution in [0.15, 0.2) is 24.3 Å². The van der Waals surface area contributed by atoms with Gasteiger partial charge in [0, 0.05) is 0 Å². The molecule has 0 aliphatic heterocycles. The molecule has 4 fully saturated rings. The zero-order chi connectivity index (χ0) is 27.0. The molecular formula is C32H48O5. The number of aldehydes is 1. The summed E-state index contributed by atoms with van der Waals surface area (Å²) in [6.45, 7) is 15.2. The van der Waals surface area contributed by atoms with Gasteiger partial charge in [-0.3, -0.25) is 4.79 Å². The predicted octanol–water partition coefficient (Wildman–Crippen LogP) is 5.64. The Hall–Kier alpha value is -1.46. The first kappa shape index (κ1) is 27.1. The van der Waals surface area contributed by atoms with E-state index < -0.39 is 23.0 Å². The minimum Gasteiger partial charge on any atom is -0.461 e. The van der Waals surface area contributed by atoms with Gasteiger partial charge in [-0.05, 0) is 97.7 Å². The summed E-state index contributed by atoms with van der Waals surface area (Å²) >= 11 is 0. The fourth-order valence-electron chi connectivity index (χ4n) is 10.5. The summed E-state index contributed by atoms with van der Waals surface area (Å²) in [4.78, 5) is 26.0. The number of carbonyl (C=O) groups excluding carboxylic acids is 2. The number of aliphatic hydroxyl groups excluding tert-OH is 2. The van der Waals surface area contributed by atoms with Gasteiger partial charge >= 0.3 is 5.97 Å². The average molecular weight is 513 g/mol. The van der Waals surface area contributed by atoms with Crippen molar-refractivity contribution in [1.29, 1.82) is 0 Å². The average Bonchev–Trinajstić information content (AvgIpc) is 2.85. The highest BCUT2D eigenvalue weighted by Gasteiger charge is 2.68. The maximum Gasteiger partial charge on any atom is 0.315 e. The minimum atomic E-state index is -0.879. The largest absolute Gasteiger partial charge is 0.461 e. The first-order chi connectivity index (χ1) is 17.3. The zero-order valence-electron chi connectivity index (χ0n) is 23.6. The molecule has 5 heteroatoms. The molecule has 2 N–H and O–H groups in total. The topological polar surface area (TPSA) is 83.8 Å². The van der Waals surface area contributed by atoms with Crippen LogP contribution in [0, 0.1) is 50.7 Å². The monoisotopic (exact) mass is 512 g/mol. The number of esters is 1. The maximum atomic E-state index is 13.6. The second kappa shape index (κ2) is 8.78. The Morgan fingerprint density at radius 3 is 2.38 bits per heavy atom. The second-order valence-electron chi connectivity index (χ2n) is 14.8. The highest BCUT2D eigenvalue weighted by molar-refractivity contribution is 5.79. The van der Waals surface area contributed by atoms with Crippen molar-refractivity contribution in [3.05, 3.63) is 24.3 Å². The van der Waals surface area contributed by atoms with Crippen molar-refractivity contribution in [3.63, 3.8) is 0 Å². The molecular weight excluding hydrogens is 464 g/mol. The lowest BCUT2D eigenvalue weighted by Crippen LogP contribution is -2.65. The van der Waals surface area contributed by atoms with Crippen LogP contribution in [-0.4, -0.2) is 41.3 Å². The Balaban J connectivity index is 1.57. The smallest absolute Gasteiger partial charge is 0.315 e. The quantitative estimate of drug-likeness (QED) is 0.289. The summed E-state index contributed by atoms with van der Waals surface area (Å²) in [5, 5.41) is 22.7. The van der Waals surface area contributed by atoms with Gasteiger partial charge in [-0.25, -0.2) is 0 Å². The summed E-state index contributed by atoms with van der Waals surface area (Å²) in [6, 6.07) is 0. The lowest BCUT2D eigenvalue weighted by Gasteiger charge is -2.68. The van der Waals surface area contributed by atoms with Crippen LogP contribution in [0.25, 0.3) is 0 Å². The SMILES string of the molecule is C=CCOC(=O)[C@]12CCC(C)(C)CC1C1=CCC3C4(C)CC[C@H](O)[C@](C)(C=O)[C@@H]4CC[C@]3(C)[C@@H]1CC2O. The summed E-state index contributed by atoms with van der Waals surface area (Å²) < 4.78 is 5.67. The summed E-state index contributed by atoms with van der Waals surface area (Å²) in [5.74, 6) is 0.477. The molecule has 4 saturated carbocycles. The molecule has 0 spiro atoms. The van der Waals surface area contributed by atoms with Crippen molar-refractivity contribution in [1.82, 2.24) is 0 Å². The van der Waals surface area contributed by atoms with Crippen LogP contribution in [0.5, 0.6) is 0 Å². The van der Waals surface area contributed by atoms with Gasteiger partial charge in [0.2, 0.25) is 0 Å². The molecule has 5 aliphatic rings. The van der Waals surface area contributed by atoms with E-state index in [2.05, 4.69) is 40.3 Å². The van der Waals surface area contributed by atoms with Crippen LogP contribution in [0.3, 0.4) is 0 Å². The summed E-state index contributed by atoms with van der Waals surface area (Å²) in [6.07, 6.45) is 11.2. The number of rotatable bonds is 4. The molecule has 0 aromatic heterocycles. The molecule has 4 unspecified atom stereocenters. The van der Waals surface area contributed by atoms with Gasteiger partial charge in [-0.15, -0.1) is 0 Å². The van der Waals surface area contributed by atoms with Crippen LogP contribution in [0.1, 0.15) is 92.4 Å². The van der Waals surface area contributed by atoms with Crippen molar-refractivity contribution in [2.45, 2.75) is 105 Å². The van der Waals surface area contributed by atoms with Crippen LogP contribution >= 0.6 is 0 Å². The molecule has 10 atom stereocenters. The molecule has 206 valence electrons. The third kappa shape index (κ3) is 3.62. The van der Waals surface area contributed by atoms with Crippen LogP contribution in [-0.2, 0) is 14.3 Å². The van der Waals surface area contributed by atoms with Gasteiger partial charge in [0.1, 0.15) is 18.3 Å². The van der Waals surface area contributed by atoms with E-state index in [0.29, 0.717) is 25.2 Å². The molecule has 0 bridgehead atoms. The standard InChI is InChI=1S/C32H48O5/c1-7-16-37-27(36)32-15-14-28(2,3)18-22(32)20-8-9-23-29(4,21(20)17-26(32)35)12-10-24-30(23,5)13-11-25(34)31(24,6)19-33/h7-8,19,21-26,34-35H,1,9-18H2,2-6H3/t21-,22?,23?,24-,25+,26?,29-,30?,31-,32-/m1/s1. The number of hydrogen-bond donors (Lipinski definition) is 2. The van der Waals surface area contributed by atoms with E-state index in [1.807, 2.05) is 6.92 Å². The number of allylic oxidation sites excluding steroid dienone is 2. The fraction of sp³-hybridized carbons (Fsp3) is 0.812. The molecule has 37 heavy (non-hydrogen) atoms. The zero-order valence-corrected chi connectivity index (χ0v) is 23.6. The van der Waals surface area contributed by atoms with Crippen LogP contribution in [0.2, 0.25) is 0 Å². The van der Waals surface area contributed by atoms with E-state index in [4.69, 9.17) is 4.74 Å².